The zero-order chi connectivity index (χ0) is 36.0. The summed E-state index contributed by atoms with van der Waals surface area (Å²) in [5.74, 6) is -4.28. The van der Waals surface area contributed by atoms with Gasteiger partial charge in [-0.1, -0.05) is 140 Å². The van der Waals surface area contributed by atoms with Gasteiger partial charge in [0.15, 0.2) is 11.5 Å². The highest BCUT2D eigenvalue weighted by molar-refractivity contribution is 6.25. The quantitative estimate of drug-likeness (QED) is 0.0551. The average molecular weight is 687 g/mol. The highest BCUT2D eigenvalue weighted by atomic mass is 16.4. The molecule has 0 bridgehead atoms. The van der Waals surface area contributed by atoms with Crippen LogP contribution in [0.4, 0.5) is 0 Å². The van der Waals surface area contributed by atoms with Crippen molar-refractivity contribution in [2.45, 2.75) is 0 Å². The zero-order valence-electron chi connectivity index (χ0n) is 28.2. The molecular weight excluding hydrogens is 657 g/mol. The molecule has 0 aliphatic carbocycles. The van der Waals surface area contributed by atoms with Gasteiger partial charge in [0.1, 0.15) is 0 Å². The second kappa shape index (κ2) is 11.4. The molecule has 252 valence electrons. The topological polar surface area (TPSA) is 101 Å². The second-order valence-electron chi connectivity index (χ2n) is 13.6. The van der Waals surface area contributed by atoms with Gasteiger partial charge in [0.05, 0.1) is 5.56 Å². The Morgan fingerprint density at radius 2 is 0.642 bits per heavy atom. The summed E-state index contributed by atoms with van der Waals surface area (Å²) in [6, 6.07) is 52.2. The lowest BCUT2D eigenvalue weighted by molar-refractivity contribution is 0.330. The summed E-state index contributed by atoms with van der Waals surface area (Å²) in [5.41, 5.74) is 4.47. The van der Waals surface area contributed by atoms with Crippen LogP contribution >= 0.6 is 0 Å². The standard InChI is InChI=1S/C48H30O5/c49-44-43(45(50)47(52)48(53)46(44)51)42-38-14-5-3-12-36(38)41(37-13-4-6-15-39(37)42)35-21-9-18-30-29(16-7-19-32(30)35)31-17-8-20-33-34(31)23-22-28-24-26-10-1-2-11-27(26)25-40(28)33/h1-25,49-53H. The predicted octanol–water partition coefficient (Wildman–Crippen LogP) is 12.1. The van der Waals surface area contributed by atoms with Gasteiger partial charge < -0.3 is 25.5 Å². The first-order valence-corrected chi connectivity index (χ1v) is 17.4. The Labute approximate surface area is 303 Å². The Kier molecular flexibility index (Phi) is 6.57. The van der Waals surface area contributed by atoms with E-state index < -0.39 is 28.7 Å². The van der Waals surface area contributed by atoms with Crippen molar-refractivity contribution < 1.29 is 25.5 Å². The SMILES string of the molecule is Oc1c(O)c(O)c(-c2c3ccccc3c(-c3cccc4c(-c5cccc6c5ccc5cc7ccccc7cc56)cccc34)c3ccccc23)c(O)c1O. The summed E-state index contributed by atoms with van der Waals surface area (Å²) in [5, 5.41) is 66.0. The van der Waals surface area contributed by atoms with Crippen LogP contribution in [0.1, 0.15) is 0 Å². The van der Waals surface area contributed by atoms with Gasteiger partial charge in [0.25, 0.3) is 0 Å². The van der Waals surface area contributed by atoms with E-state index in [1.54, 1.807) is 0 Å². The van der Waals surface area contributed by atoms with Gasteiger partial charge in [-0.3, -0.25) is 0 Å². The average Bonchev–Trinajstić information content (AvgIpc) is 3.20. The Morgan fingerprint density at radius 1 is 0.226 bits per heavy atom. The number of hydrogen-bond acceptors (Lipinski definition) is 5. The first-order chi connectivity index (χ1) is 25.9. The van der Waals surface area contributed by atoms with Gasteiger partial charge >= 0.3 is 0 Å². The van der Waals surface area contributed by atoms with Gasteiger partial charge in [-0.2, -0.15) is 0 Å². The Bertz CT molecular complexity index is 3090. The van der Waals surface area contributed by atoms with E-state index >= 15 is 0 Å². The van der Waals surface area contributed by atoms with E-state index in [9.17, 15) is 25.5 Å². The number of phenolic OH excluding ortho intramolecular Hbond substituents is 5. The normalized spacial score (nSPS) is 11.8. The molecule has 0 aromatic heterocycles. The predicted molar refractivity (Wildman–Crippen MR) is 216 cm³/mol. The molecule has 0 fully saturated rings. The molecule has 0 unspecified atom stereocenters. The lowest BCUT2D eigenvalue weighted by atomic mass is 9.83. The zero-order valence-corrected chi connectivity index (χ0v) is 28.2. The van der Waals surface area contributed by atoms with Crippen LogP contribution in [0.25, 0.3) is 98.0 Å². The van der Waals surface area contributed by atoms with E-state index in [4.69, 9.17) is 0 Å². The van der Waals surface area contributed by atoms with Gasteiger partial charge in [0, 0.05) is 5.56 Å². The number of rotatable bonds is 3. The van der Waals surface area contributed by atoms with Gasteiger partial charge in [0.2, 0.25) is 17.2 Å². The third kappa shape index (κ3) is 4.38. The summed E-state index contributed by atoms with van der Waals surface area (Å²) in [6.45, 7) is 0. The Hall–Kier alpha value is -7.24. The van der Waals surface area contributed by atoms with Gasteiger partial charge in [-0.15, -0.1) is 0 Å². The third-order valence-electron chi connectivity index (χ3n) is 10.8. The summed E-state index contributed by atoms with van der Waals surface area (Å²) in [4.78, 5) is 0. The van der Waals surface area contributed by atoms with Crippen molar-refractivity contribution >= 4 is 64.6 Å². The fourth-order valence-electron chi connectivity index (χ4n) is 8.39. The Morgan fingerprint density at radius 3 is 1.23 bits per heavy atom. The first-order valence-electron chi connectivity index (χ1n) is 17.4. The number of benzene rings is 10. The maximum absolute atomic E-state index is 11.1. The lowest BCUT2D eigenvalue weighted by Gasteiger charge is -2.21. The minimum Gasteiger partial charge on any atom is -0.504 e. The van der Waals surface area contributed by atoms with Crippen molar-refractivity contribution in [1.29, 1.82) is 0 Å². The molecule has 0 saturated carbocycles. The number of fused-ring (bicyclic) bond motifs is 7. The fraction of sp³-hybridized carbons (Fsp3) is 0. The van der Waals surface area contributed by atoms with E-state index in [1.165, 1.54) is 32.3 Å². The minimum atomic E-state index is -0.992. The molecular formula is C48H30O5. The van der Waals surface area contributed by atoms with E-state index in [-0.39, 0.29) is 5.56 Å². The molecule has 5 heteroatoms. The number of aromatic hydroxyl groups is 5. The van der Waals surface area contributed by atoms with Crippen LogP contribution in [-0.4, -0.2) is 25.5 Å². The van der Waals surface area contributed by atoms with Crippen molar-refractivity contribution in [3.8, 4) is 62.1 Å². The highest BCUT2D eigenvalue weighted by Gasteiger charge is 2.28. The third-order valence-corrected chi connectivity index (χ3v) is 10.8. The van der Waals surface area contributed by atoms with Crippen molar-refractivity contribution in [2.75, 3.05) is 0 Å². The molecule has 0 spiro atoms. The number of hydrogen-bond donors (Lipinski definition) is 5. The van der Waals surface area contributed by atoms with Gasteiger partial charge in [-0.05, 0) is 99.0 Å². The van der Waals surface area contributed by atoms with Crippen LogP contribution in [0.3, 0.4) is 0 Å². The van der Waals surface area contributed by atoms with Crippen molar-refractivity contribution in [3.63, 3.8) is 0 Å². The van der Waals surface area contributed by atoms with Crippen LogP contribution in [0.2, 0.25) is 0 Å². The first kappa shape index (κ1) is 30.6. The molecule has 0 aliphatic heterocycles. The molecule has 0 aliphatic rings. The molecule has 53 heavy (non-hydrogen) atoms. The molecule has 10 aromatic carbocycles. The van der Waals surface area contributed by atoms with Crippen molar-refractivity contribution in [2.24, 2.45) is 0 Å². The van der Waals surface area contributed by atoms with Crippen molar-refractivity contribution in [3.05, 3.63) is 152 Å². The fourth-order valence-corrected chi connectivity index (χ4v) is 8.39. The minimum absolute atomic E-state index is 0.173. The lowest BCUT2D eigenvalue weighted by Crippen LogP contribution is -1.93. The molecule has 5 nitrogen and oxygen atoms in total. The number of phenols is 5. The maximum atomic E-state index is 11.1. The molecule has 0 atom stereocenters. The molecule has 5 N–H and O–H groups in total. The van der Waals surface area contributed by atoms with E-state index in [0.717, 1.165) is 43.8 Å². The molecule has 10 rings (SSSR count). The van der Waals surface area contributed by atoms with Crippen LogP contribution in [-0.2, 0) is 0 Å². The van der Waals surface area contributed by atoms with E-state index in [1.807, 2.05) is 48.5 Å². The van der Waals surface area contributed by atoms with Gasteiger partial charge in [-0.25, -0.2) is 0 Å². The molecule has 0 heterocycles. The van der Waals surface area contributed by atoms with Crippen LogP contribution in [0.5, 0.6) is 28.7 Å². The second-order valence-corrected chi connectivity index (χ2v) is 13.6. The molecule has 0 amide bonds. The van der Waals surface area contributed by atoms with Crippen LogP contribution < -0.4 is 0 Å². The summed E-state index contributed by atoms with van der Waals surface area (Å²) in [6.07, 6.45) is 0. The summed E-state index contributed by atoms with van der Waals surface area (Å²) >= 11 is 0. The van der Waals surface area contributed by atoms with E-state index in [0.29, 0.717) is 16.3 Å². The maximum Gasteiger partial charge on any atom is 0.208 e. The van der Waals surface area contributed by atoms with Crippen molar-refractivity contribution in [1.82, 2.24) is 0 Å². The Balaban J connectivity index is 1.26. The summed E-state index contributed by atoms with van der Waals surface area (Å²) in [7, 11) is 0. The highest BCUT2D eigenvalue weighted by Crippen LogP contribution is 2.58. The monoisotopic (exact) mass is 686 g/mol. The van der Waals surface area contributed by atoms with Crippen LogP contribution in [0, 0.1) is 0 Å². The molecule has 0 saturated heterocycles. The van der Waals surface area contributed by atoms with Crippen LogP contribution in [0.15, 0.2) is 152 Å². The molecule has 0 radical (unpaired) electrons. The smallest absolute Gasteiger partial charge is 0.208 e. The molecule has 10 aromatic rings. The van der Waals surface area contributed by atoms with E-state index in [2.05, 4.69) is 103 Å². The largest absolute Gasteiger partial charge is 0.504 e. The summed E-state index contributed by atoms with van der Waals surface area (Å²) < 4.78 is 0.